The molecule has 0 radical (unpaired) electrons. The average Bonchev–Trinajstić information content (AvgIpc) is 2.47. The van der Waals surface area contributed by atoms with Gasteiger partial charge in [-0.1, -0.05) is 18.2 Å². The van der Waals surface area contributed by atoms with Gasteiger partial charge in [-0.2, -0.15) is 5.10 Å². The molecule has 0 saturated carbocycles. The van der Waals surface area contributed by atoms with Crippen LogP contribution in [0.5, 0.6) is 5.88 Å². The lowest BCUT2D eigenvalue weighted by atomic mass is 10.00. The summed E-state index contributed by atoms with van der Waals surface area (Å²) in [5, 5.41) is 10.6. The van der Waals surface area contributed by atoms with Gasteiger partial charge in [-0.3, -0.25) is 0 Å². The third-order valence-electron chi connectivity index (χ3n) is 4.02. The van der Waals surface area contributed by atoms with Crippen LogP contribution in [0.4, 0.5) is 0 Å². The monoisotopic (exact) mass is 271 g/mol. The van der Waals surface area contributed by atoms with Crippen LogP contribution >= 0.6 is 0 Å². The van der Waals surface area contributed by atoms with Crippen molar-refractivity contribution in [1.29, 1.82) is 0 Å². The van der Waals surface area contributed by atoms with Crippen molar-refractivity contribution in [3.05, 3.63) is 30.0 Å². The van der Waals surface area contributed by atoms with E-state index in [0.29, 0.717) is 11.8 Å². The highest BCUT2D eigenvalue weighted by Gasteiger charge is 2.18. The lowest BCUT2D eigenvalue weighted by Crippen LogP contribution is -2.34. The molecule has 1 fully saturated rings. The van der Waals surface area contributed by atoms with E-state index in [1.165, 1.54) is 19.4 Å². The highest BCUT2D eigenvalue weighted by Crippen LogP contribution is 2.25. The van der Waals surface area contributed by atoms with Crippen molar-refractivity contribution in [3.63, 3.8) is 0 Å². The van der Waals surface area contributed by atoms with Crippen molar-refractivity contribution >= 4 is 10.8 Å². The molecule has 1 aliphatic heterocycles. The van der Waals surface area contributed by atoms with E-state index in [1.807, 2.05) is 19.1 Å². The van der Waals surface area contributed by atoms with E-state index in [2.05, 4.69) is 34.3 Å². The Bertz CT molecular complexity index is 599. The van der Waals surface area contributed by atoms with Crippen molar-refractivity contribution < 1.29 is 4.74 Å². The highest BCUT2D eigenvalue weighted by atomic mass is 16.5. The molecule has 4 heteroatoms. The Balaban J connectivity index is 1.76. The van der Waals surface area contributed by atoms with Crippen molar-refractivity contribution in [3.8, 4) is 5.88 Å². The number of rotatable bonds is 3. The molecular formula is C16H21N3O. The molecule has 0 amide bonds. The second-order valence-electron chi connectivity index (χ2n) is 5.72. The van der Waals surface area contributed by atoms with Crippen LogP contribution in [-0.4, -0.2) is 41.8 Å². The summed E-state index contributed by atoms with van der Waals surface area (Å²) in [5.74, 6) is 1.26. The molecule has 0 spiro atoms. The van der Waals surface area contributed by atoms with Crippen molar-refractivity contribution in [2.45, 2.75) is 19.8 Å². The first kappa shape index (κ1) is 13.3. The molecule has 2 aromatic rings. The summed E-state index contributed by atoms with van der Waals surface area (Å²) in [6, 6.07) is 8.17. The lowest BCUT2D eigenvalue weighted by molar-refractivity contribution is 0.148. The second-order valence-corrected chi connectivity index (χ2v) is 5.72. The number of likely N-dealkylation sites (tertiary alicyclic amines) is 1. The van der Waals surface area contributed by atoms with E-state index in [0.717, 1.165) is 29.6 Å². The van der Waals surface area contributed by atoms with Gasteiger partial charge >= 0.3 is 0 Å². The van der Waals surface area contributed by atoms with Gasteiger partial charge in [-0.05, 0) is 39.4 Å². The van der Waals surface area contributed by atoms with Crippen molar-refractivity contribution in [1.82, 2.24) is 15.1 Å². The zero-order chi connectivity index (χ0) is 13.9. The maximum absolute atomic E-state index is 5.96. The minimum atomic E-state index is 0.593. The molecule has 2 heterocycles. The Morgan fingerprint density at radius 2 is 2.05 bits per heavy atom. The number of fused-ring (bicyclic) bond motifs is 1. The summed E-state index contributed by atoms with van der Waals surface area (Å²) < 4.78 is 5.96. The zero-order valence-electron chi connectivity index (χ0n) is 12.2. The standard InChI is InChI=1S/C16H21N3O/c1-12-14-7-3-4-8-15(14)16(18-17-12)20-11-13-6-5-9-19(2)10-13/h3-4,7-8,13H,5-6,9-11H2,1-2H3. The Morgan fingerprint density at radius 3 is 2.85 bits per heavy atom. The van der Waals surface area contributed by atoms with Crippen molar-refractivity contribution in [2.24, 2.45) is 5.92 Å². The third kappa shape index (κ3) is 2.75. The average molecular weight is 271 g/mol. The molecule has 0 N–H and O–H groups in total. The summed E-state index contributed by atoms with van der Waals surface area (Å²) in [5.41, 5.74) is 0.949. The number of aromatic nitrogens is 2. The van der Waals surface area contributed by atoms with Gasteiger partial charge in [0, 0.05) is 23.2 Å². The molecule has 1 aliphatic rings. The minimum absolute atomic E-state index is 0.593. The molecule has 4 nitrogen and oxygen atoms in total. The molecule has 106 valence electrons. The molecule has 0 bridgehead atoms. The van der Waals surface area contributed by atoms with Crippen LogP contribution in [0.3, 0.4) is 0 Å². The van der Waals surface area contributed by atoms with Gasteiger partial charge in [-0.25, -0.2) is 0 Å². The normalized spacial score (nSPS) is 20.2. The molecule has 1 atom stereocenters. The van der Waals surface area contributed by atoms with Gasteiger partial charge in [0.25, 0.3) is 0 Å². The first-order valence-electron chi connectivity index (χ1n) is 7.27. The summed E-state index contributed by atoms with van der Waals surface area (Å²) >= 11 is 0. The molecule has 3 rings (SSSR count). The number of nitrogens with zero attached hydrogens (tertiary/aromatic N) is 3. The van der Waals surface area contributed by atoms with Crippen LogP contribution in [0.1, 0.15) is 18.5 Å². The first-order valence-corrected chi connectivity index (χ1v) is 7.27. The fraction of sp³-hybridized carbons (Fsp3) is 0.500. The van der Waals surface area contributed by atoms with Crippen LogP contribution < -0.4 is 4.74 Å². The number of hydrogen-bond donors (Lipinski definition) is 0. The zero-order valence-corrected chi connectivity index (χ0v) is 12.2. The maximum Gasteiger partial charge on any atom is 0.241 e. The fourth-order valence-electron chi connectivity index (χ4n) is 2.93. The first-order chi connectivity index (χ1) is 9.74. The molecule has 0 aliphatic carbocycles. The number of benzene rings is 1. The number of hydrogen-bond acceptors (Lipinski definition) is 4. The quantitative estimate of drug-likeness (QED) is 0.860. The third-order valence-corrected chi connectivity index (χ3v) is 4.02. The summed E-state index contributed by atoms with van der Waals surface area (Å²) in [4.78, 5) is 2.37. The molecule has 20 heavy (non-hydrogen) atoms. The SMILES string of the molecule is Cc1nnc(OCC2CCCN(C)C2)c2ccccc12. The molecule has 1 aromatic carbocycles. The number of aryl methyl sites for hydroxylation is 1. The second kappa shape index (κ2) is 5.75. The van der Waals surface area contributed by atoms with Crippen molar-refractivity contribution in [2.75, 3.05) is 26.7 Å². The van der Waals surface area contributed by atoms with E-state index >= 15 is 0 Å². The lowest BCUT2D eigenvalue weighted by Gasteiger charge is -2.29. The van der Waals surface area contributed by atoms with Gasteiger partial charge in [0.05, 0.1) is 12.3 Å². The fourth-order valence-corrected chi connectivity index (χ4v) is 2.93. The molecular weight excluding hydrogens is 250 g/mol. The Morgan fingerprint density at radius 1 is 1.25 bits per heavy atom. The minimum Gasteiger partial charge on any atom is -0.476 e. The van der Waals surface area contributed by atoms with E-state index < -0.39 is 0 Å². The highest BCUT2D eigenvalue weighted by molar-refractivity contribution is 5.88. The number of piperidine rings is 1. The smallest absolute Gasteiger partial charge is 0.241 e. The summed E-state index contributed by atoms with van der Waals surface area (Å²) in [7, 11) is 2.17. The Hall–Kier alpha value is -1.68. The topological polar surface area (TPSA) is 38.3 Å². The largest absolute Gasteiger partial charge is 0.476 e. The van der Waals surface area contributed by atoms with Crippen LogP contribution in [0.15, 0.2) is 24.3 Å². The Kier molecular flexibility index (Phi) is 3.83. The summed E-state index contributed by atoms with van der Waals surface area (Å²) in [6.45, 7) is 5.02. The number of ether oxygens (including phenoxy) is 1. The Labute approximate surface area is 119 Å². The van der Waals surface area contributed by atoms with Crippen LogP contribution in [-0.2, 0) is 0 Å². The maximum atomic E-state index is 5.96. The van der Waals surface area contributed by atoms with Gasteiger partial charge in [0.1, 0.15) is 0 Å². The van der Waals surface area contributed by atoms with E-state index in [-0.39, 0.29) is 0 Å². The van der Waals surface area contributed by atoms with Crippen LogP contribution in [0.2, 0.25) is 0 Å². The summed E-state index contributed by atoms with van der Waals surface area (Å²) in [6.07, 6.45) is 2.49. The van der Waals surface area contributed by atoms with E-state index in [4.69, 9.17) is 4.74 Å². The van der Waals surface area contributed by atoms with Gasteiger partial charge in [0.2, 0.25) is 5.88 Å². The van der Waals surface area contributed by atoms with Crippen LogP contribution in [0.25, 0.3) is 10.8 Å². The van der Waals surface area contributed by atoms with Gasteiger partial charge in [0.15, 0.2) is 0 Å². The van der Waals surface area contributed by atoms with Gasteiger partial charge < -0.3 is 9.64 Å². The molecule has 1 saturated heterocycles. The predicted molar refractivity (Wildman–Crippen MR) is 80.0 cm³/mol. The molecule has 1 unspecified atom stereocenters. The van der Waals surface area contributed by atoms with E-state index in [9.17, 15) is 0 Å². The van der Waals surface area contributed by atoms with Crippen LogP contribution in [0, 0.1) is 12.8 Å². The van der Waals surface area contributed by atoms with Gasteiger partial charge in [-0.15, -0.1) is 5.10 Å². The molecule has 1 aromatic heterocycles. The predicted octanol–water partition coefficient (Wildman–Crippen LogP) is 2.66. The van der Waals surface area contributed by atoms with E-state index in [1.54, 1.807) is 0 Å².